The SMILES string of the molecule is C/C=C/C1CCC(c2ccc(-c3ccc(CCCCC)cc3F)c(F)c2F)OC1. The first kappa shape index (κ1) is 21.6. The molecule has 0 aromatic heterocycles. The first-order valence-electron chi connectivity index (χ1n) is 10.6. The van der Waals surface area contributed by atoms with Crippen LogP contribution in [0.4, 0.5) is 13.2 Å². The van der Waals surface area contributed by atoms with Gasteiger partial charge in [-0.3, -0.25) is 0 Å². The number of unbranched alkanes of at least 4 members (excludes halogenated alkanes) is 2. The molecule has 2 unspecified atom stereocenters. The highest BCUT2D eigenvalue weighted by molar-refractivity contribution is 5.66. The minimum Gasteiger partial charge on any atom is -0.373 e. The Morgan fingerprint density at radius 1 is 1.00 bits per heavy atom. The largest absolute Gasteiger partial charge is 0.373 e. The fourth-order valence-corrected chi connectivity index (χ4v) is 3.97. The second-order valence-electron chi connectivity index (χ2n) is 7.79. The molecule has 2 atom stereocenters. The third kappa shape index (κ3) is 5.11. The quantitative estimate of drug-likeness (QED) is 0.343. The molecule has 0 radical (unpaired) electrons. The monoisotopic (exact) mass is 402 g/mol. The van der Waals surface area contributed by atoms with Crippen molar-refractivity contribution in [3.8, 4) is 11.1 Å². The van der Waals surface area contributed by atoms with Gasteiger partial charge in [0.1, 0.15) is 5.82 Å². The summed E-state index contributed by atoms with van der Waals surface area (Å²) in [5, 5.41) is 0. The molecule has 1 aliphatic heterocycles. The van der Waals surface area contributed by atoms with Crippen molar-refractivity contribution in [3.05, 3.63) is 71.1 Å². The number of halogens is 3. The molecule has 1 aliphatic rings. The Bertz CT molecular complexity index is 851. The van der Waals surface area contributed by atoms with E-state index < -0.39 is 23.6 Å². The summed E-state index contributed by atoms with van der Waals surface area (Å²) in [4.78, 5) is 0. The Morgan fingerprint density at radius 2 is 1.79 bits per heavy atom. The number of hydrogen-bond acceptors (Lipinski definition) is 1. The molecule has 0 N–H and O–H groups in total. The van der Waals surface area contributed by atoms with Gasteiger partial charge in [-0.2, -0.15) is 0 Å². The van der Waals surface area contributed by atoms with E-state index in [4.69, 9.17) is 4.74 Å². The van der Waals surface area contributed by atoms with E-state index in [9.17, 15) is 13.2 Å². The zero-order chi connectivity index (χ0) is 20.8. The molecule has 2 aromatic rings. The number of benzene rings is 2. The average molecular weight is 403 g/mol. The average Bonchev–Trinajstić information content (AvgIpc) is 2.72. The molecule has 1 heterocycles. The van der Waals surface area contributed by atoms with Crippen LogP contribution in [0, 0.1) is 23.4 Å². The van der Waals surface area contributed by atoms with E-state index in [1.807, 2.05) is 13.0 Å². The number of aryl methyl sites for hydroxylation is 1. The molecule has 4 heteroatoms. The van der Waals surface area contributed by atoms with Gasteiger partial charge < -0.3 is 4.74 Å². The van der Waals surface area contributed by atoms with E-state index in [2.05, 4.69) is 13.0 Å². The van der Waals surface area contributed by atoms with Crippen LogP contribution in [-0.4, -0.2) is 6.61 Å². The van der Waals surface area contributed by atoms with Crippen molar-refractivity contribution in [2.75, 3.05) is 6.61 Å². The van der Waals surface area contributed by atoms with Crippen LogP contribution >= 0.6 is 0 Å². The van der Waals surface area contributed by atoms with Crippen LogP contribution < -0.4 is 0 Å². The lowest BCUT2D eigenvalue weighted by atomic mass is 9.92. The number of allylic oxidation sites excluding steroid dienone is 1. The van der Waals surface area contributed by atoms with Gasteiger partial charge >= 0.3 is 0 Å². The molecule has 1 nitrogen and oxygen atoms in total. The third-order valence-corrected chi connectivity index (χ3v) is 5.63. The van der Waals surface area contributed by atoms with Crippen LogP contribution in [0.5, 0.6) is 0 Å². The molecule has 1 saturated heterocycles. The summed E-state index contributed by atoms with van der Waals surface area (Å²) in [5.74, 6) is -2.16. The fraction of sp³-hybridized carbons (Fsp3) is 0.440. The summed E-state index contributed by atoms with van der Waals surface area (Å²) in [6.07, 6.45) is 9.04. The summed E-state index contributed by atoms with van der Waals surface area (Å²) in [6.45, 7) is 4.56. The molecular weight excluding hydrogens is 373 g/mol. The Morgan fingerprint density at radius 3 is 2.45 bits per heavy atom. The van der Waals surface area contributed by atoms with Gasteiger partial charge in [-0.25, -0.2) is 13.2 Å². The molecular formula is C25H29F3O. The molecule has 156 valence electrons. The molecule has 0 spiro atoms. The first-order valence-corrected chi connectivity index (χ1v) is 10.6. The Hall–Kier alpha value is -2.07. The van der Waals surface area contributed by atoms with E-state index in [1.165, 1.54) is 18.2 Å². The van der Waals surface area contributed by atoms with Crippen molar-refractivity contribution in [2.45, 2.75) is 58.5 Å². The molecule has 0 amide bonds. The topological polar surface area (TPSA) is 9.23 Å². The summed E-state index contributed by atoms with van der Waals surface area (Å²) >= 11 is 0. The number of hydrogen-bond donors (Lipinski definition) is 0. The van der Waals surface area contributed by atoms with Crippen molar-refractivity contribution >= 4 is 0 Å². The second-order valence-corrected chi connectivity index (χ2v) is 7.79. The van der Waals surface area contributed by atoms with Crippen molar-refractivity contribution < 1.29 is 17.9 Å². The first-order chi connectivity index (χ1) is 14.0. The summed E-state index contributed by atoms with van der Waals surface area (Å²) in [6, 6.07) is 7.77. The Kier molecular flexibility index (Phi) is 7.54. The van der Waals surface area contributed by atoms with Gasteiger partial charge in [0.05, 0.1) is 12.7 Å². The lowest BCUT2D eigenvalue weighted by Gasteiger charge is -2.28. The lowest BCUT2D eigenvalue weighted by Crippen LogP contribution is -2.20. The maximum atomic E-state index is 14.8. The lowest BCUT2D eigenvalue weighted by molar-refractivity contribution is -0.00743. The molecule has 0 bridgehead atoms. The normalized spacial score (nSPS) is 19.8. The smallest absolute Gasteiger partial charge is 0.167 e. The van der Waals surface area contributed by atoms with Crippen LogP contribution in [0.1, 0.15) is 63.2 Å². The maximum absolute atomic E-state index is 14.8. The van der Waals surface area contributed by atoms with Crippen LogP contribution in [0.25, 0.3) is 11.1 Å². The van der Waals surface area contributed by atoms with Gasteiger partial charge in [0.15, 0.2) is 11.6 Å². The minimum atomic E-state index is -1.01. The van der Waals surface area contributed by atoms with Crippen LogP contribution in [0.15, 0.2) is 42.5 Å². The van der Waals surface area contributed by atoms with Gasteiger partial charge in [0.25, 0.3) is 0 Å². The summed E-state index contributed by atoms with van der Waals surface area (Å²) in [7, 11) is 0. The predicted octanol–water partition coefficient (Wildman–Crippen LogP) is 7.55. The van der Waals surface area contributed by atoms with Crippen LogP contribution in [0.2, 0.25) is 0 Å². The molecule has 0 saturated carbocycles. The minimum absolute atomic E-state index is 0.0496. The van der Waals surface area contributed by atoms with Crippen LogP contribution in [0.3, 0.4) is 0 Å². The van der Waals surface area contributed by atoms with Crippen molar-refractivity contribution in [2.24, 2.45) is 5.92 Å². The zero-order valence-corrected chi connectivity index (χ0v) is 17.2. The maximum Gasteiger partial charge on any atom is 0.167 e. The van der Waals surface area contributed by atoms with Gasteiger partial charge in [-0.05, 0) is 44.2 Å². The van der Waals surface area contributed by atoms with E-state index in [0.29, 0.717) is 18.9 Å². The highest BCUT2D eigenvalue weighted by Crippen LogP contribution is 2.36. The molecule has 2 aromatic carbocycles. The summed E-state index contributed by atoms with van der Waals surface area (Å²) < 4.78 is 50.0. The van der Waals surface area contributed by atoms with Gasteiger partial charge in [-0.1, -0.05) is 56.2 Å². The molecule has 3 rings (SSSR count). The van der Waals surface area contributed by atoms with Crippen molar-refractivity contribution in [1.82, 2.24) is 0 Å². The summed E-state index contributed by atoms with van der Waals surface area (Å²) in [5.41, 5.74) is 1.13. The van der Waals surface area contributed by atoms with Gasteiger partial charge in [0, 0.05) is 22.6 Å². The van der Waals surface area contributed by atoms with Crippen LogP contribution in [-0.2, 0) is 11.2 Å². The number of rotatable bonds is 7. The predicted molar refractivity (Wildman–Crippen MR) is 111 cm³/mol. The Labute approximate surface area is 171 Å². The molecule has 1 fully saturated rings. The fourth-order valence-electron chi connectivity index (χ4n) is 3.97. The van der Waals surface area contributed by atoms with E-state index in [1.54, 1.807) is 12.1 Å². The van der Waals surface area contributed by atoms with Gasteiger partial charge in [0.2, 0.25) is 0 Å². The van der Waals surface area contributed by atoms with E-state index >= 15 is 0 Å². The highest BCUT2D eigenvalue weighted by atomic mass is 19.2. The van der Waals surface area contributed by atoms with Crippen molar-refractivity contribution in [1.29, 1.82) is 0 Å². The highest BCUT2D eigenvalue weighted by Gasteiger charge is 2.26. The van der Waals surface area contributed by atoms with Crippen molar-refractivity contribution in [3.63, 3.8) is 0 Å². The second kappa shape index (κ2) is 10.1. The third-order valence-electron chi connectivity index (χ3n) is 5.63. The molecule has 0 aliphatic carbocycles. The standard InChI is InChI=1S/C25H29F3O/c1-3-5-6-8-17-9-11-19(22(26)15-17)20-12-13-21(25(28)24(20)27)23-14-10-18(7-4-2)16-29-23/h4,7,9,11-13,15,18,23H,3,5-6,8,10,14,16H2,1-2H3/b7-4+. The van der Waals surface area contributed by atoms with Gasteiger partial charge in [-0.15, -0.1) is 0 Å². The zero-order valence-electron chi connectivity index (χ0n) is 17.2. The number of ether oxygens (including phenoxy) is 1. The Balaban J connectivity index is 1.79. The molecule has 29 heavy (non-hydrogen) atoms. The van der Waals surface area contributed by atoms with E-state index in [-0.39, 0.29) is 16.7 Å². The van der Waals surface area contributed by atoms with E-state index in [0.717, 1.165) is 37.7 Å².